The molecule has 2 fully saturated rings. The van der Waals surface area contributed by atoms with Crippen molar-refractivity contribution in [3.05, 3.63) is 0 Å². The highest BCUT2D eigenvalue weighted by molar-refractivity contribution is 4.85. The first-order chi connectivity index (χ1) is 8.79. The van der Waals surface area contributed by atoms with E-state index in [0.717, 1.165) is 38.4 Å². The van der Waals surface area contributed by atoms with E-state index in [1.54, 1.807) is 0 Å². The molecular formula is C14H27NO3. The Labute approximate surface area is 110 Å². The number of piperidine rings is 1. The lowest BCUT2D eigenvalue weighted by atomic mass is 9.85. The Morgan fingerprint density at radius 2 is 1.94 bits per heavy atom. The Bertz CT molecular complexity index is 231. The van der Waals surface area contributed by atoms with Gasteiger partial charge in [0, 0.05) is 25.1 Å². The van der Waals surface area contributed by atoms with E-state index in [9.17, 15) is 0 Å². The van der Waals surface area contributed by atoms with Crippen molar-refractivity contribution >= 4 is 0 Å². The third-order valence-electron chi connectivity index (χ3n) is 4.20. The Morgan fingerprint density at radius 3 is 2.67 bits per heavy atom. The first-order valence-corrected chi connectivity index (χ1v) is 7.39. The fourth-order valence-electron chi connectivity index (χ4n) is 3.02. The van der Waals surface area contributed by atoms with Gasteiger partial charge in [0.25, 0.3) is 0 Å². The maximum Gasteiger partial charge on any atom is 0.159 e. The summed E-state index contributed by atoms with van der Waals surface area (Å²) in [5.74, 6) is 0.741. The van der Waals surface area contributed by atoms with Gasteiger partial charge in [-0.05, 0) is 38.0 Å². The third kappa shape index (κ3) is 4.19. The molecule has 0 spiro atoms. The fourth-order valence-corrected chi connectivity index (χ4v) is 3.02. The molecule has 4 nitrogen and oxygen atoms in total. The number of ether oxygens (including phenoxy) is 2. The van der Waals surface area contributed by atoms with Crippen LogP contribution >= 0.6 is 0 Å². The summed E-state index contributed by atoms with van der Waals surface area (Å²) in [7, 11) is 0. The van der Waals surface area contributed by atoms with E-state index in [1.165, 1.54) is 19.3 Å². The van der Waals surface area contributed by atoms with Gasteiger partial charge in [-0.2, -0.15) is 0 Å². The van der Waals surface area contributed by atoms with Gasteiger partial charge in [0.2, 0.25) is 0 Å². The summed E-state index contributed by atoms with van der Waals surface area (Å²) in [6, 6.07) is 1.13. The van der Waals surface area contributed by atoms with Crippen molar-refractivity contribution in [3.63, 3.8) is 0 Å². The molecule has 2 aliphatic heterocycles. The molecule has 2 aliphatic rings. The Balaban J connectivity index is 1.72. The Morgan fingerprint density at radius 1 is 1.17 bits per heavy atom. The zero-order valence-corrected chi connectivity index (χ0v) is 11.4. The van der Waals surface area contributed by atoms with Crippen LogP contribution in [0.3, 0.4) is 0 Å². The van der Waals surface area contributed by atoms with E-state index in [4.69, 9.17) is 14.6 Å². The van der Waals surface area contributed by atoms with Crippen molar-refractivity contribution in [2.75, 3.05) is 19.8 Å². The lowest BCUT2D eigenvalue weighted by molar-refractivity contribution is -0.0564. The molecule has 4 heteroatoms. The summed E-state index contributed by atoms with van der Waals surface area (Å²) in [6.07, 6.45) is 6.70. The molecule has 3 atom stereocenters. The molecule has 2 saturated heterocycles. The lowest BCUT2D eigenvalue weighted by Gasteiger charge is -2.36. The summed E-state index contributed by atoms with van der Waals surface area (Å²) in [4.78, 5) is 0. The number of rotatable bonds is 6. The second-order valence-electron chi connectivity index (χ2n) is 5.65. The minimum Gasteiger partial charge on any atom is -0.396 e. The second-order valence-corrected chi connectivity index (χ2v) is 5.65. The van der Waals surface area contributed by atoms with Gasteiger partial charge in [-0.1, -0.05) is 6.92 Å². The average Bonchev–Trinajstić information content (AvgIpc) is 2.86. The van der Waals surface area contributed by atoms with Crippen molar-refractivity contribution in [1.82, 2.24) is 5.32 Å². The molecule has 0 bridgehead atoms. The van der Waals surface area contributed by atoms with Gasteiger partial charge in [-0.3, -0.25) is 0 Å². The van der Waals surface area contributed by atoms with E-state index in [0.29, 0.717) is 18.7 Å². The summed E-state index contributed by atoms with van der Waals surface area (Å²) in [5, 5.41) is 12.6. The number of unbranched alkanes of at least 4 members (excludes halogenated alkanes) is 1. The molecule has 0 aliphatic carbocycles. The van der Waals surface area contributed by atoms with Crippen LogP contribution < -0.4 is 5.32 Å². The quantitative estimate of drug-likeness (QED) is 0.711. The SMILES string of the molecule is C[C@H]1CC[C@@H](CC2OCCO2)N[C@H]1CCCCO. The van der Waals surface area contributed by atoms with Crippen LogP contribution in [-0.2, 0) is 9.47 Å². The molecule has 0 aromatic heterocycles. The van der Waals surface area contributed by atoms with Crippen molar-refractivity contribution < 1.29 is 14.6 Å². The van der Waals surface area contributed by atoms with Crippen LogP contribution in [0, 0.1) is 5.92 Å². The fraction of sp³-hybridized carbons (Fsp3) is 1.00. The molecule has 0 saturated carbocycles. The number of aliphatic hydroxyl groups is 1. The first kappa shape index (κ1) is 14.3. The molecule has 0 amide bonds. The number of aliphatic hydroxyl groups excluding tert-OH is 1. The molecule has 0 radical (unpaired) electrons. The van der Waals surface area contributed by atoms with Crippen LogP contribution in [0.2, 0.25) is 0 Å². The maximum atomic E-state index is 8.85. The van der Waals surface area contributed by atoms with Gasteiger partial charge in [0.05, 0.1) is 13.2 Å². The largest absolute Gasteiger partial charge is 0.396 e. The van der Waals surface area contributed by atoms with E-state index < -0.39 is 0 Å². The van der Waals surface area contributed by atoms with Crippen LogP contribution in [0.25, 0.3) is 0 Å². The summed E-state index contributed by atoms with van der Waals surface area (Å²) in [6.45, 7) is 4.13. The van der Waals surface area contributed by atoms with Gasteiger partial charge in [-0.15, -0.1) is 0 Å². The minimum absolute atomic E-state index is 0.00833. The Kier molecular flexibility index (Phi) is 5.89. The van der Waals surface area contributed by atoms with Gasteiger partial charge in [0.15, 0.2) is 6.29 Å². The molecule has 106 valence electrons. The van der Waals surface area contributed by atoms with Crippen molar-refractivity contribution in [1.29, 1.82) is 0 Å². The summed E-state index contributed by atoms with van der Waals surface area (Å²) in [5.41, 5.74) is 0. The van der Waals surface area contributed by atoms with Crippen molar-refractivity contribution in [2.45, 2.75) is 63.8 Å². The van der Waals surface area contributed by atoms with Gasteiger partial charge in [-0.25, -0.2) is 0 Å². The highest BCUT2D eigenvalue weighted by Crippen LogP contribution is 2.26. The molecule has 0 aromatic carbocycles. The number of hydrogen-bond donors (Lipinski definition) is 2. The van der Waals surface area contributed by atoms with E-state index in [1.807, 2.05) is 0 Å². The average molecular weight is 257 g/mol. The molecular weight excluding hydrogens is 230 g/mol. The molecule has 2 rings (SSSR count). The van der Waals surface area contributed by atoms with Crippen LogP contribution in [0.15, 0.2) is 0 Å². The van der Waals surface area contributed by atoms with Gasteiger partial charge < -0.3 is 19.9 Å². The Hall–Kier alpha value is -0.160. The van der Waals surface area contributed by atoms with Crippen LogP contribution in [0.5, 0.6) is 0 Å². The molecule has 0 aromatic rings. The maximum absolute atomic E-state index is 8.85. The zero-order chi connectivity index (χ0) is 12.8. The van der Waals surface area contributed by atoms with E-state index in [-0.39, 0.29) is 6.29 Å². The highest BCUT2D eigenvalue weighted by Gasteiger charge is 2.29. The first-order valence-electron chi connectivity index (χ1n) is 7.39. The topological polar surface area (TPSA) is 50.7 Å². The predicted molar refractivity (Wildman–Crippen MR) is 70.4 cm³/mol. The molecule has 0 unspecified atom stereocenters. The van der Waals surface area contributed by atoms with Gasteiger partial charge in [0.1, 0.15) is 0 Å². The highest BCUT2D eigenvalue weighted by atomic mass is 16.7. The smallest absolute Gasteiger partial charge is 0.159 e. The minimum atomic E-state index is 0.00833. The van der Waals surface area contributed by atoms with Crippen LogP contribution in [-0.4, -0.2) is 43.3 Å². The number of nitrogens with one attached hydrogen (secondary N) is 1. The van der Waals surface area contributed by atoms with E-state index in [2.05, 4.69) is 12.2 Å². The molecule has 2 N–H and O–H groups in total. The predicted octanol–water partition coefficient (Wildman–Crippen LogP) is 1.67. The van der Waals surface area contributed by atoms with E-state index >= 15 is 0 Å². The standard InChI is InChI=1S/C14H27NO3/c1-11-5-6-12(10-14-17-8-9-18-14)15-13(11)4-2-3-7-16/h11-16H,2-10H2,1H3/t11-,12-,13-/m0/s1. The van der Waals surface area contributed by atoms with Crippen LogP contribution in [0.1, 0.15) is 45.4 Å². The number of hydrogen-bond acceptors (Lipinski definition) is 4. The third-order valence-corrected chi connectivity index (χ3v) is 4.20. The van der Waals surface area contributed by atoms with Crippen molar-refractivity contribution in [3.8, 4) is 0 Å². The summed E-state index contributed by atoms with van der Waals surface area (Å²) < 4.78 is 11.0. The second kappa shape index (κ2) is 7.43. The van der Waals surface area contributed by atoms with Gasteiger partial charge >= 0.3 is 0 Å². The monoisotopic (exact) mass is 257 g/mol. The van der Waals surface area contributed by atoms with Crippen molar-refractivity contribution in [2.24, 2.45) is 5.92 Å². The molecule has 2 heterocycles. The zero-order valence-electron chi connectivity index (χ0n) is 11.4. The lowest BCUT2D eigenvalue weighted by Crippen LogP contribution is -2.48. The normalized spacial score (nSPS) is 34.0. The summed E-state index contributed by atoms with van der Waals surface area (Å²) >= 11 is 0. The van der Waals surface area contributed by atoms with Crippen LogP contribution in [0.4, 0.5) is 0 Å². The molecule has 18 heavy (non-hydrogen) atoms.